The lowest BCUT2D eigenvalue weighted by atomic mass is 10.1. The van der Waals surface area contributed by atoms with Gasteiger partial charge in [0.15, 0.2) is 5.65 Å². The van der Waals surface area contributed by atoms with Crippen LogP contribution in [-0.4, -0.2) is 51.8 Å². The molecule has 6 heteroatoms. The highest BCUT2D eigenvalue weighted by Gasteiger charge is 2.28. The Morgan fingerprint density at radius 2 is 2.08 bits per heavy atom. The molecule has 1 saturated carbocycles. The van der Waals surface area contributed by atoms with Crippen LogP contribution in [0.15, 0.2) is 12.3 Å². The molecule has 1 amide bonds. The second kappa shape index (κ2) is 8.16. The molecule has 1 fully saturated rings. The molecule has 2 heterocycles. The lowest BCUT2D eigenvalue weighted by Gasteiger charge is -2.17. The molecular formula is C20H31N5O. The molecule has 0 aliphatic heterocycles. The van der Waals surface area contributed by atoms with Gasteiger partial charge in [-0.3, -0.25) is 4.79 Å². The topological polar surface area (TPSA) is 63.1 Å². The van der Waals surface area contributed by atoms with E-state index in [0.29, 0.717) is 18.0 Å². The van der Waals surface area contributed by atoms with Gasteiger partial charge in [0.25, 0.3) is 5.91 Å². The molecule has 142 valence electrons. The highest BCUT2D eigenvalue weighted by Crippen LogP contribution is 2.40. The summed E-state index contributed by atoms with van der Waals surface area (Å²) in [7, 11) is 0. The number of nitrogens with one attached hydrogen (secondary N) is 1. The van der Waals surface area contributed by atoms with E-state index >= 15 is 0 Å². The third kappa shape index (κ3) is 4.06. The van der Waals surface area contributed by atoms with Crippen molar-refractivity contribution in [3.8, 4) is 0 Å². The summed E-state index contributed by atoms with van der Waals surface area (Å²) in [5, 5.41) is 8.41. The molecule has 2 aromatic heterocycles. The van der Waals surface area contributed by atoms with Crippen molar-refractivity contribution >= 4 is 16.9 Å². The van der Waals surface area contributed by atoms with E-state index in [1.807, 2.05) is 10.7 Å². The number of carbonyl (C=O) groups excluding carboxylic acids is 1. The van der Waals surface area contributed by atoms with Crippen molar-refractivity contribution < 1.29 is 4.79 Å². The predicted octanol–water partition coefficient (Wildman–Crippen LogP) is 3.35. The molecule has 0 saturated heterocycles. The SMILES string of the molecule is CCN(CC)CCCNC(=O)c1cc(C2CC2)nc2c1cnn2C(C)C. The van der Waals surface area contributed by atoms with Gasteiger partial charge in [-0.2, -0.15) is 5.10 Å². The minimum absolute atomic E-state index is 0.0119. The first kappa shape index (κ1) is 18.8. The van der Waals surface area contributed by atoms with Crippen LogP contribution in [0.5, 0.6) is 0 Å². The van der Waals surface area contributed by atoms with Crippen LogP contribution >= 0.6 is 0 Å². The van der Waals surface area contributed by atoms with Crippen LogP contribution in [0.1, 0.15) is 75.0 Å². The van der Waals surface area contributed by atoms with Gasteiger partial charge in [-0.05, 0) is 58.8 Å². The van der Waals surface area contributed by atoms with Crippen LogP contribution in [-0.2, 0) is 0 Å². The maximum atomic E-state index is 12.8. The quantitative estimate of drug-likeness (QED) is 0.699. The Labute approximate surface area is 156 Å². The Kier molecular flexibility index (Phi) is 5.91. The van der Waals surface area contributed by atoms with Gasteiger partial charge in [0.05, 0.1) is 17.1 Å². The molecule has 0 radical (unpaired) electrons. The van der Waals surface area contributed by atoms with Crippen molar-refractivity contribution in [1.82, 2.24) is 25.0 Å². The normalized spacial score (nSPS) is 14.5. The number of rotatable bonds is 9. The summed E-state index contributed by atoms with van der Waals surface area (Å²) in [6.45, 7) is 12.3. The Bertz CT molecular complexity index is 759. The van der Waals surface area contributed by atoms with Gasteiger partial charge in [-0.15, -0.1) is 0 Å². The van der Waals surface area contributed by atoms with E-state index in [2.05, 4.69) is 43.0 Å². The lowest BCUT2D eigenvalue weighted by molar-refractivity contribution is 0.0953. The van der Waals surface area contributed by atoms with Crippen molar-refractivity contribution in [2.75, 3.05) is 26.2 Å². The Morgan fingerprint density at radius 3 is 2.69 bits per heavy atom. The molecule has 1 aliphatic rings. The number of carbonyl (C=O) groups is 1. The Morgan fingerprint density at radius 1 is 1.35 bits per heavy atom. The third-order valence-electron chi connectivity index (χ3n) is 5.15. The highest BCUT2D eigenvalue weighted by molar-refractivity contribution is 6.05. The molecule has 1 N–H and O–H groups in total. The zero-order valence-electron chi connectivity index (χ0n) is 16.5. The zero-order chi connectivity index (χ0) is 18.7. The molecule has 0 aromatic carbocycles. The average Bonchev–Trinajstić information content (AvgIpc) is 3.39. The lowest BCUT2D eigenvalue weighted by Crippen LogP contribution is -2.30. The Hall–Kier alpha value is -1.95. The Balaban J connectivity index is 1.76. The van der Waals surface area contributed by atoms with Gasteiger partial charge < -0.3 is 10.2 Å². The van der Waals surface area contributed by atoms with Crippen molar-refractivity contribution in [3.63, 3.8) is 0 Å². The second-order valence-electron chi connectivity index (χ2n) is 7.43. The fourth-order valence-electron chi connectivity index (χ4n) is 3.33. The molecule has 0 spiro atoms. The molecule has 2 aromatic rings. The third-order valence-corrected chi connectivity index (χ3v) is 5.15. The van der Waals surface area contributed by atoms with Crippen LogP contribution in [0.2, 0.25) is 0 Å². The minimum Gasteiger partial charge on any atom is -0.352 e. The first-order valence-corrected chi connectivity index (χ1v) is 9.93. The summed E-state index contributed by atoms with van der Waals surface area (Å²) >= 11 is 0. The van der Waals surface area contributed by atoms with Crippen molar-refractivity contribution in [3.05, 3.63) is 23.5 Å². The standard InChI is InChI=1S/C20H31N5O/c1-5-24(6-2)11-7-10-21-20(26)16-12-18(15-8-9-15)23-19-17(16)13-22-25(19)14(3)4/h12-15H,5-11H2,1-4H3,(H,21,26). The first-order valence-electron chi connectivity index (χ1n) is 9.93. The second-order valence-corrected chi connectivity index (χ2v) is 7.43. The van der Waals surface area contributed by atoms with Crippen LogP contribution in [0.25, 0.3) is 11.0 Å². The van der Waals surface area contributed by atoms with E-state index in [1.165, 1.54) is 12.8 Å². The number of fused-ring (bicyclic) bond motifs is 1. The van der Waals surface area contributed by atoms with E-state index in [4.69, 9.17) is 4.98 Å². The fraction of sp³-hybridized carbons (Fsp3) is 0.650. The van der Waals surface area contributed by atoms with E-state index < -0.39 is 0 Å². The van der Waals surface area contributed by atoms with Crippen LogP contribution in [0.4, 0.5) is 0 Å². The monoisotopic (exact) mass is 357 g/mol. The minimum atomic E-state index is -0.0119. The van der Waals surface area contributed by atoms with Crippen LogP contribution in [0.3, 0.4) is 0 Å². The summed E-state index contributed by atoms with van der Waals surface area (Å²) < 4.78 is 1.92. The smallest absolute Gasteiger partial charge is 0.252 e. The molecule has 3 rings (SSSR count). The van der Waals surface area contributed by atoms with Crippen LogP contribution in [0, 0.1) is 0 Å². The van der Waals surface area contributed by atoms with E-state index in [1.54, 1.807) is 6.20 Å². The molecule has 0 bridgehead atoms. The summed E-state index contributed by atoms with van der Waals surface area (Å²) in [5.74, 6) is 0.492. The van der Waals surface area contributed by atoms with E-state index in [9.17, 15) is 4.79 Å². The summed E-state index contributed by atoms with van der Waals surface area (Å²) in [4.78, 5) is 20.0. The van der Waals surface area contributed by atoms with Gasteiger partial charge in [0, 0.05) is 24.2 Å². The van der Waals surface area contributed by atoms with Gasteiger partial charge >= 0.3 is 0 Å². The number of pyridine rings is 1. The predicted molar refractivity (Wildman–Crippen MR) is 105 cm³/mol. The number of amides is 1. The molecule has 6 nitrogen and oxygen atoms in total. The number of hydrogen-bond donors (Lipinski definition) is 1. The van der Waals surface area contributed by atoms with Crippen molar-refractivity contribution in [2.24, 2.45) is 0 Å². The molecule has 0 atom stereocenters. The van der Waals surface area contributed by atoms with E-state index in [-0.39, 0.29) is 11.9 Å². The highest BCUT2D eigenvalue weighted by atomic mass is 16.1. The van der Waals surface area contributed by atoms with Gasteiger partial charge in [-0.1, -0.05) is 13.8 Å². The number of hydrogen-bond acceptors (Lipinski definition) is 4. The maximum Gasteiger partial charge on any atom is 0.252 e. The molecule has 1 aliphatic carbocycles. The summed E-state index contributed by atoms with van der Waals surface area (Å²) in [6.07, 6.45) is 5.07. The number of nitrogens with zero attached hydrogens (tertiary/aromatic N) is 4. The molecule has 0 unspecified atom stereocenters. The number of aromatic nitrogens is 3. The fourth-order valence-corrected chi connectivity index (χ4v) is 3.33. The molecule has 26 heavy (non-hydrogen) atoms. The molecular weight excluding hydrogens is 326 g/mol. The van der Waals surface area contributed by atoms with Gasteiger partial charge in [0.2, 0.25) is 0 Å². The van der Waals surface area contributed by atoms with E-state index in [0.717, 1.165) is 42.8 Å². The maximum absolute atomic E-state index is 12.8. The zero-order valence-corrected chi connectivity index (χ0v) is 16.5. The summed E-state index contributed by atoms with van der Waals surface area (Å²) in [5.41, 5.74) is 2.58. The van der Waals surface area contributed by atoms with Gasteiger partial charge in [0.1, 0.15) is 0 Å². The van der Waals surface area contributed by atoms with Gasteiger partial charge in [-0.25, -0.2) is 9.67 Å². The first-order chi connectivity index (χ1) is 12.5. The summed E-state index contributed by atoms with van der Waals surface area (Å²) in [6, 6.07) is 2.20. The van der Waals surface area contributed by atoms with Crippen LogP contribution < -0.4 is 5.32 Å². The average molecular weight is 358 g/mol. The largest absolute Gasteiger partial charge is 0.352 e. The van der Waals surface area contributed by atoms with Crippen molar-refractivity contribution in [1.29, 1.82) is 0 Å². The van der Waals surface area contributed by atoms with Crippen molar-refractivity contribution in [2.45, 2.75) is 58.9 Å².